The zero-order chi connectivity index (χ0) is 18.8. The van der Waals surface area contributed by atoms with Gasteiger partial charge in [-0.2, -0.15) is 0 Å². The first-order chi connectivity index (χ1) is 13.2. The van der Waals surface area contributed by atoms with Crippen molar-refractivity contribution in [2.24, 2.45) is 0 Å². The lowest BCUT2D eigenvalue weighted by Gasteiger charge is -2.13. The van der Waals surface area contributed by atoms with Crippen LogP contribution in [0, 0.1) is 0 Å². The highest BCUT2D eigenvalue weighted by Crippen LogP contribution is 2.40. The van der Waals surface area contributed by atoms with Gasteiger partial charge in [0.2, 0.25) is 0 Å². The van der Waals surface area contributed by atoms with Crippen LogP contribution in [0.25, 0.3) is 11.1 Å². The van der Waals surface area contributed by atoms with Gasteiger partial charge in [-0.15, -0.1) is 0 Å². The minimum Gasteiger partial charge on any atom is -0.497 e. The molecule has 0 bridgehead atoms. The van der Waals surface area contributed by atoms with Gasteiger partial charge < -0.3 is 10.1 Å². The van der Waals surface area contributed by atoms with Crippen molar-refractivity contribution in [2.75, 3.05) is 12.4 Å². The van der Waals surface area contributed by atoms with E-state index in [0.29, 0.717) is 12.0 Å². The molecule has 3 nitrogen and oxygen atoms in total. The fourth-order valence-corrected chi connectivity index (χ4v) is 3.75. The summed E-state index contributed by atoms with van der Waals surface area (Å²) in [7, 11) is 1.65. The summed E-state index contributed by atoms with van der Waals surface area (Å²) in [6.07, 6.45) is 0.655. The zero-order valence-corrected chi connectivity index (χ0v) is 16.4. The van der Waals surface area contributed by atoms with Crippen molar-refractivity contribution < 1.29 is 9.53 Å². The summed E-state index contributed by atoms with van der Waals surface area (Å²) in [4.78, 5) is 12.9. The number of allylic oxidation sites excluding steroid dienone is 1. The molecule has 1 aliphatic rings. The molecule has 0 saturated carbocycles. The molecule has 4 heteroatoms. The minimum absolute atomic E-state index is 0.0724. The first-order valence-corrected chi connectivity index (χ1v) is 9.48. The lowest BCUT2D eigenvalue weighted by atomic mass is 9.90. The van der Waals surface area contributed by atoms with Gasteiger partial charge in [-0.05, 0) is 53.5 Å². The Labute approximate surface area is 166 Å². The fourth-order valence-electron chi connectivity index (χ4n) is 3.38. The number of rotatable bonds is 4. The number of ether oxygens (including phenoxy) is 1. The molecule has 1 heterocycles. The number of carbonyl (C=O) groups excluding carboxylic acids is 1. The summed E-state index contributed by atoms with van der Waals surface area (Å²) in [6.45, 7) is 0. The Hall–Kier alpha value is -2.85. The monoisotopic (exact) mass is 419 g/mol. The highest BCUT2D eigenvalue weighted by atomic mass is 79.9. The topological polar surface area (TPSA) is 38.3 Å². The second kappa shape index (κ2) is 7.41. The second-order valence-electron chi connectivity index (χ2n) is 6.39. The lowest BCUT2D eigenvalue weighted by molar-refractivity contribution is -0.110. The van der Waals surface area contributed by atoms with E-state index < -0.39 is 0 Å². The largest absolute Gasteiger partial charge is 0.497 e. The summed E-state index contributed by atoms with van der Waals surface area (Å²) < 4.78 is 6.35. The third kappa shape index (κ3) is 3.53. The van der Waals surface area contributed by atoms with E-state index >= 15 is 0 Å². The van der Waals surface area contributed by atoms with Gasteiger partial charge in [0.15, 0.2) is 0 Å². The molecule has 134 valence electrons. The van der Waals surface area contributed by atoms with E-state index in [2.05, 4.69) is 33.4 Å². The normalized spacial score (nSPS) is 14.5. The van der Waals surface area contributed by atoms with Gasteiger partial charge in [0.05, 0.1) is 12.7 Å². The maximum atomic E-state index is 12.9. The van der Waals surface area contributed by atoms with Gasteiger partial charge in [-0.3, -0.25) is 4.79 Å². The van der Waals surface area contributed by atoms with Crippen molar-refractivity contribution in [1.29, 1.82) is 0 Å². The Morgan fingerprint density at radius 2 is 1.81 bits per heavy atom. The van der Waals surface area contributed by atoms with Gasteiger partial charge in [0, 0.05) is 15.7 Å². The summed E-state index contributed by atoms with van der Waals surface area (Å²) >= 11 is 3.53. The lowest BCUT2D eigenvalue weighted by Crippen LogP contribution is -2.07. The summed E-state index contributed by atoms with van der Waals surface area (Å²) in [5, 5.41) is 2.99. The average molecular weight is 420 g/mol. The van der Waals surface area contributed by atoms with Crippen LogP contribution in [0.2, 0.25) is 0 Å². The van der Waals surface area contributed by atoms with E-state index in [-0.39, 0.29) is 5.91 Å². The van der Waals surface area contributed by atoms with E-state index in [9.17, 15) is 4.79 Å². The maximum absolute atomic E-state index is 12.9. The quantitative estimate of drug-likeness (QED) is 0.561. The van der Waals surface area contributed by atoms with Crippen LogP contribution in [0.3, 0.4) is 0 Å². The number of carbonyl (C=O) groups is 1. The van der Waals surface area contributed by atoms with Gasteiger partial charge in [0.1, 0.15) is 5.75 Å². The number of hydrogen-bond donors (Lipinski definition) is 1. The first-order valence-electron chi connectivity index (χ1n) is 8.68. The molecule has 0 fully saturated rings. The number of hydrogen-bond acceptors (Lipinski definition) is 2. The third-order valence-corrected chi connectivity index (χ3v) is 5.16. The van der Waals surface area contributed by atoms with Crippen LogP contribution in [-0.4, -0.2) is 13.0 Å². The van der Waals surface area contributed by atoms with E-state index in [4.69, 9.17) is 4.74 Å². The first kappa shape index (κ1) is 17.6. The molecular formula is C23H18BrNO2. The Kier molecular flexibility index (Phi) is 4.82. The molecule has 3 aromatic rings. The summed E-state index contributed by atoms with van der Waals surface area (Å²) in [5.74, 6) is 0.698. The second-order valence-corrected chi connectivity index (χ2v) is 7.31. The molecule has 1 aliphatic heterocycles. The Bertz CT molecular complexity index is 1040. The Balaban J connectivity index is 1.94. The molecule has 27 heavy (non-hydrogen) atoms. The zero-order valence-electron chi connectivity index (χ0n) is 14.8. The van der Waals surface area contributed by atoms with Crippen LogP contribution in [-0.2, 0) is 11.2 Å². The van der Waals surface area contributed by atoms with Crippen LogP contribution in [0.15, 0.2) is 77.3 Å². The molecule has 3 aromatic carbocycles. The number of anilines is 1. The summed E-state index contributed by atoms with van der Waals surface area (Å²) in [5.41, 5.74) is 5.59. The average Bonchev–Trinajstić information content (AvgIpc) is 3.02. The number of nitrogens with one attached hydrogen (secondary N) is 1. The van der Waals surface area contributed by atoms with Crippen molar-refractivity contribution in [3.8, 4) is 5.75 Å². The van der Waals surface area contributed by atoms with E-state index in [1.165, 1.54) is 0 Å². The Morgan fingerprint density at radius 1 is 1.00 bits per heavy atom. The van der Waals surface area contributed by atoms with E-state index in [0.717, 1.165) is 38.2 Å². The number of methoxy groups -OCH3 is 1. The van der Waals surface area contributed by atoms with Crippen LogP contribution in [0.1, 0.15) is 16.7 Å². The van der Waals surface area contributed by atoms with Crippen molar-refractivity contribution in [3.63, 3.8) is 0 Å². The molecule has 0 aromatic heterocycles. The molecule has 0 aliphatic carbocycles. The SMILES string of the molecule is COc1cccc(/C(Cc2ccccc2)=C2/C(=O)Nc3ccc(Br)cc32)c1. The van der Waals surface area contributed by atoms with Crippen LogP contribution < -0.4 is 10.1 Å². The minimum atomic E-state index is -0.0724. The molecule has 1 N–H and O–H groups in total. The molecule has 0 radical (unpaired) electrons. The molecule has 0 atom stereocenters. The fraction of sp³-hybridized carbons (Fsp3) is 0.0870. The van der Waals surface area contributed by atoms with Crippen molar-refractivity contribution in [2.45, 2.75) is 6.42 Å². The van der Waals surface area contributed by atoms with Crippen LogP contribution >= 0.6 is 15.9 Å². The van der Waals surface area contributed by atoms with Crippen molar-refractivity contribution in [3.05, 3.63) is 94.0 Å². The number of benzene rings is 3. The Morgan fingerprint density at radius 3 is 2.59 bits per heavy atom. The standard InChI is InChI=1S/C23H18BrNO2/c1-27-18-9-5-8-16(13-18)19(12-15-6-3-2-4-7-15)22-20-14-17(24)10-11-21(20)25-23(22)26/h2-11,13-14H,12H2,1H3,(H,25,26)/b22-19+. The number of fused-ring (bicyclic) bond motifs is 1. The van der Waals surface area contributed by atoms with Gasteiger partial charge in [0.25, 0.3) is 5.91 Å². The summed E-state index contributed by atoms with van der Waals surface area (Å²) in [6, 6.07) is 23.9. The van der Waals surface area contributed by atoms with E-state index in [1.807, 2.05) is 60.7 Å². The van der Waals surface area contributed by atoms with Gasteiger partial charge in [-0.1, -0.05) is 58.4 Å². The third-order valence-electron chi connectivity index (χ3n) is 4.67. The molecule has 0 unspecified atom stereocenters. The highest BCUT2D eigenvalue weighted by Gasteiger charge is 2.28. The molecule has 4 rings (SSSR count). The number of halogens is 1. The maximum Gasteiger partial charge on any atom is 0.256 e. The smallest absolute Gasteiger partial charge is 0.256 e. The molecule has 0 spiro atoms. The van der Waals surface area contributed by atoms with Crippen molar-refractivity contribution >= 4 is 38.7 Å². The predicted molar refractivity (Wildman–Crippen MR) is 113 cm³/mol. The molecular weight excluding hydrogens is 402 g/mol. The van der Waals surface area contributed by atoms with E-state index in [1.54, 1.807) is 7.11 Å². The predicted octanol–water partition coefficient (Wildman–Crippen LogP) is 5.56. The van der Waals surface area contributed by atoms with Gasteiger partial charge in [-0.25, -0.2) is 0 Å². The highest BCUT2D eigenvalue weighted by molar-refractivity contribution is 9.10. The van der Waals surface area contributed by atoms with Crippen molar-refractivity contribution in [1.82, 2.24) is 0 Å². The molecule has 0 saturated heterocycles. The number of amides is 1. The van der Waals surface area contributed by atoms with Crippen LogP contribution in [0.5, 0.6) is 5.75 Å². The van der Waals surface area contributed by atoms with Crippen LogP contribution in [0.4, 0.5) is 5.69 Å². The molecule has 1 amide bonds. The van der Waals surface area contributed by atoms with Gasteiger partial charge >= 0.3 is 0 Å².